The molecule has 1 saturated heterocycles. The number of benzene rings is 3. The summed E-state index contributed by atoms with van der Waals surface area (Å²) in [6.07, 6.45) is 0.615. The summed E-state index contributed by atoms with van der Waals surface area (Å²) in [4.78, 5) is 2.54. The lowest BCUT2D eigenvalue weighted by Crippen LogP contribution is -2.48. The van der Waals surface area contributed by atoms with Crippen LogP contribution in [0.25, 0.3) is 0 Å². The van der Waals surface area contributed by atoms with Gasteiger partial charge in [0, 0.05) is 55.4 Å². The summed E-state index contributed by atoms with van der Waals surface area (Å²) in [6.45, 7) is 3.68. The molecule has 6 nitrogen and oxygen atoms in total. The highest BCUT2D eigenvalue weighted by molar-refractivity contribution is 7.89. The van der Waals surface area contributed by atoms with E-state index in [2.05, 4.69) is 4.90 Å². The summed E-state index contributed by atoms with van der Waals surface area (Å²) in [5, 5.41) is 1.36. The predicted octanol–water partition coefficient (Wildman–Crippen LogP) is 5.50. The van der Waals surface area contributed by atoms with E-state index in [-0.39, 0.29) is 11.0 Å². The third-order valence-corrected chi connectivity index (χ3v) is 8.66. The van der Waals surface area contributed by atoms with Crippen LogP contribution in [0.5, 0.6) is 5.75 Å². The maximum absolute atomic E-state index is 13.0. The Kier molecular flexibility index (Phi) is 9.28. The van der Waals surface area contributed by atoms with Crippen molar-refractivity contribution in [2.75, 3.05) is 46.4 Å². The molecule has 0 aliphatic carbocycles. The lowest BCUT2D eigenvalue weighted by Gasteiger charge is -2.34. The molecule has 36 heavy (non-hydrogen) atoms. The minimum Gasteiger partial charge on any atom is -0.497 e. The number of sulfonamides is 1. The van der Waals surface area contributed by atoms with E-state index in [1.165, 1.54) is 7.11 Å². The Morgan fingerprint density at radius 1 is 0.861 bits per heavy atom. The molecule has 1 fully saturated rings. The van der Waals surface area contributed by atoms with Gasteiger partial charge in [0.2, 0.25) is 10.0 Å². The van der Waals surface area contributed by atoms with Crippen LogP contribution < -0.4 is 4.74 Å². The van der Waals surface area contributed by atoms with E-state index >= 15 is 0 Å². The molecule has 3 aromatic carbocycles. The van der Waals surface area contributed by atoms with Crippen LogP contribution in [0.2, 0.25) is 10.0 Å². The molecule has 0 N–H and O–H groups in total. The molecule has 3 aromatic rings. The van der Waals surface area contributed by atoms with Crippen LogP contribution in [0.15, 0.2) is 77.7 Å². The molecule has 1 heterocycles. The first-order valence-electron chi connectivity index (χ1n) is 11.9. The molecule has 0 saturated carbocycles. The summed E-state index contributed by atoms with van der Waals surface area (Å²) < 4.78 is 39.1. The van der Waals surface area contributed by atoms with Crippen LogP contribution in [0, 0.1) is 0 Å². The van der Waals surface area contributed by atoms with Crippen molar-refractivity contribution in [2.24, 2.45) is 0 Å². The van der Waals surface area contributed by atoms with Crippen molar-refractivity contribution in [3.63, 3.8) is 0 Å². The molecular weight excluding hydrogens is 519 g/mol. The van der Waals surface area contributed by atoms with Gasteiger partial charge in [0.15, 0.2) is 0 Å². The first-order chi connectivity index (χ1) is 17.4. The second-order valence-corrected chi connectivity index (χ2v) is 11.4. The number of ether oxygens (including phenoxy) is 2. The average molecular weight is 550 g/mol. The molecule has 0 atom stereocenters. The van der Waals surface area contributed by atoms with Crippen LogP contribution in [0.1, 0.15) is 23.7 Å². The minimum absolute atomic E-state index is 0.218. The second kappa shape index (κ2) is 12.4. The fourth-order valence-corrected chi connectivity index (χ4v) is 5.96. The van der Waals surface area contributed by atoms with Gasteiger partial charge in [0.25, 0.3) is 0 Å². The van der Waals surface area contributed by atoms with Crippen molar-refractivity contribution < 1.29 is 17.9 Å². The molecule has 192 valence electrons. The quantitative estimate of drug-likeness (QED) is 0.313. The van der Waals surface area contributed by atoms with Crippen molar-refractivity contribution in [1.82, 2.24) is 9.21 Å². The maximum Gasteiger partial charge on any atom is 0.243 e. The molecule has 1 aliphatic rings. The molecule has 0 amide bonds. The van der Waals surface area contributed by atoms with Crippen LogP contribution in [0.4, 0.5) is 0 Å². The van der Waals surface area contributed by atoms with Crippen LogP contribution in [0.3, 0.4) is 0 Å². The number of nitrogens with zero attached hydrogens (tertiary/aromatic N) is 2. The van der Waals surface area contributed by atoms with Crippen LogP contribution >= 0.6 is 23.2 Å². The molecule has 1 aliphatic heterocycles. The minimum atomic E-state index is -3.54. The number of rotatable bonds is 10. The highest BCUT2D eigenvalue weighted by atomic mass is 35.5. The first-order valence-corrected chi connectivity index (χ1v) is 14.1. The molecule has 0 unspecified atom stereocenters. The van der Waals surface area contributed by atoms with Gasteiger partial charge < -0.3 is 14.4 Å². The van der Waals surface area contributed by atoms with Gasteiger partial charge in [-0.1, -0.05) is 53.5 Å². The smallest absolute Gasteiger partial charge is 0.243 e. The van der Waals surface area contributed by atoms with E-state index < -0.39 is 10.0 Å². The molecule has 0 aromatic heterocycles. The molecule has 0 radical (unpaired) electrons. The monoisotopic (exact) mass is 548 g/mol. The molecule has 9 heteroatoms. The van der Waals surface area contributed by atoms with Crippen molar-refractivity contribution in [3.05, 3.63) is 94.0 Å². The Bertz CT molecular complexity index is 1180. The van der Waals surface area contributed by atoms with Crippen LogP contribution in [-0.4, -0.2) is 64.1 Å². The molecule has 0 bridgehead atoms. The van der Waals surface area contributed by atoms with Crippen molar-refractivity contribution >= 4 is 33.2 Å². The predicted molar refractivity (Wildman–Crippen MR) is 144 cm³/mol. The normalized spacial score (nSPS) is 15.3. The fourth-order valence-electron chi connectivity index (χ4n) is 4.25. The van der Waals surface area contributed by atoms with E-state index in [4.69, 9.17) is 32.7 Å². The second-order valence-electron chi connectivity index (χ2n) is 8.63. The van der Waals surface area contributed by atoms with E-state index in [1.54, 1.807) is 28.6 Å². The van der Waals surface area contributed by atoms with E-state index in [0.29, 0.717) is 48.6 Å². The number of hydrogen-bond donors (Lipinski definition) is 0. The number of halogens is 2. The summed E-state index contributed by atoms with van der Waals surface area (Å²) in [6, 6.07) is 22.0. The Labute approximate surface area is 223 Å². The first kappa shape index (κ1) is 26.9. The van der Waals surface area contributed by atoms with E-state index in [1.807, 2.05) is 48.5 Å². The topological polar surface area (TPSA) is 59.1 Å². The Hall–Kier alpha value is -2.13. The Morgan fingerprint density at radius 2 is 1.44 bits per heavy atom. The molecular formula is C27H30Cl2N2O4S. The Morgan fingerprint density at radius 3 is 2.00 bits per heavy atom. The van der Waals surface area contributed by atoms with E-state index in [9.17, 15) is 8.42 Å². The zero-order valence-corrected chi connectivity index (χ0v) is 22.5. The number of methoxy groups -OCH3 is 1. The standard InChI is InChI=1S/C27H30Cl2N2O4S/c1-34-25-4-2-5-26(20-25)36(32,33)31-17-15-30(16-18-31)14-3-19-35-27(21-6-10-23(28)11-7-21)22-8-12-24(29)13-9-22/h2,4-13,20,27H,3,14-19H2,1H3. The van der Waals surface area contributed by atoms with Gasteiger partial charge in [-0.2, -0.15) is 4.31 Å². The maximum atomic E-state index is 13.0. The highest BCUT2D eigenvalue weighted by Crippen LogP contribution is 2.28. The zero-order valence-electron chi connectivity index (χ0n) is 20.1. The lowest BCUT2D eigenvalue weighted by molar-refractivity contribution is 0.0686. The fraction of sp³-hybridized carbons (Fsp3) is 0.333. The van der Waals surface area contributed by atoms with Gasteiger partial charge in [0.1, 0.15) is 11.9 Å². The van der Waals surface area contributed by atoms with Crippen molar-refractivity contribution in [1.29, 1.82) is 0 Å². The van der Waals surface area contributed by atoms with Gasteiger partial charge >= 0.3 is 0 Å². The molecule has 0 spiro atoms. The van der Waals surface area contributed by atoms with E-state index in [0.717, 1.165) is 24.1 Å². The van der Waals surface area contributed by atoms with Gasteiger partial charge in [-0.15, -0.1) is 0 Å². The van der Waals surface area contributed by atoms with Crippen LogP contribution in [-0.2, 0) is 14.8 Å². The van der Waals surface area contributed by atoms with Gasteiger partial charge in [0.05, 0.1) is 12.0 Å². The summed E-state index contributed by atoms with van der Waals surface area (Å²) in [5.41, 5.74) is 2.05. The van der Waals surface area contributed by atoms with Gasteiger partial charge in [-0.25, -0.2) is 8.42 Å². The van der Waals surface area contributed by atoms with Gasteiger partial charge in [-0.05, 0) is 53.9 Å². The van der Waals surface area contributed by atoms with Crippen molar-refractivity contribution in [3.8, 4) is 5.75 Å². The summed E-state index contributed by atoms with van der Waals surface area (Å²) in [5.74, 6) is 0.533. The Balaban J connectivity index is 1.29. The third-order valence-electron chi connectivity index (χ3n) is 6.26. The molecule has 4 rings (SSSR count). The number of hydrogen-bond acceptors (Lipinski definition) is 5. The lowest BCUT2D eigenvalue weighted by atomic mass is 10.0. The third kappa shape index (κ3) is 6.79. The van der Waals surface area contributed by atoms with Crippen molar-refractivity contribution in [2.45, 2.75) is 17.4 Å². The van der Waals surface area contributed by atoms with Gasteiger partial charge in [-0.3, -0.25) is 0 Å². The summed E-state index contributed by atoms with van der Waals surface area (Å²) in [7, 11) is -2.01. The summed E-state index contributed by atoms with van der Waals surface area (Å²) >= 11 is 12.1. The largest absolute Gasteiger partial charge is 0.497 e. The number of piperazine rings is 1. The SMILES string of the molecule is COc1cccc(S(=O)(=O)N2CCN(CCCOC(c3ccc(Cl)cc3)c3ccc(Cl)cc3)CC2)c1. The average Bonchev–Trinajstić information content (AvgIpc) is 2.90. The highest BCUT2D eigenvalue weighted by Gasteiger charge is 2.28. The zero-order chi connectivity index (χ0) is 25.5.